The molecule has 0 radical (unpaired) electrons. The zero-order valence-corrected chi connectivity index (χ0v) is 11.1. The molecule has 0 aliphatic heterocycles. The minimum absolute atomic E-state index is 0.0678. The van der Waals surface area contributed by atoms with E-state index in [0.717, 1.165) is 18.7 Å². The first-order valence-electron chi connectivity index (χ1n) is 6.05. The van der Waals surface area contributed by atoms with Crippen LogP contribution in [0, 0.1) is 0 Å². The lowest BCUT2D eigenvalue weighted by Gasteiger charge is -2.30. The fraction of sp³-hybridized carbons (Fsp3) is 0.538. The summed E-state index contributed by atoms with van der Waals surface area (Å²) in [6, 6.07) is 3.75. The molecule has 5 nitrogen and oxygen atoms in total. The lowest BCUT2D eigenvalue weighted by molar-refractivity contribution is 0.0690. The fourth-order valence-electron chi connectivity index (χ4n) is 1.73. The van der Waals surface area contributed by atoms with Crippen molar-refractivity contribution in [3.63, 3.8) is 0 Å². The molecule has 1 unspecified atom stereocenters. The van der Waals surface area contributed by atoms with Gasteiger partial charge in [-0.3, -0.25) is 0 Å². The molecule has 0 aromatic carbocycles. The van der Waals surface area contributed by atoms with Gasteiger partial charge in [0.15, 0.2) is 0 Å². The number of ether oxygens (including phenoxy) is 1. The first-order chi connectivity index (χ1) is 8.60. The van der Waals surface area contributed by atoms with Crippen LogP contribution in [0.2, 0.25) is 0 Å². The van der Waals surface area contributed by atoms with Crippen molar-refractivity contribution in [3.05, 3.63) is 24.0 Å². The van der Waals surface area contributed by atoms with Crippen LogP contribution < -0.4 is 4.90 Å². The van der Waals surface area contributed by atoms with E-state index >= 15 is 0 Å². The number of aromatic carboxylic acids is 1. The number of hydrogen-bond acceptors (Lipinski definition) is 4. The summed E-state index contributed by atoms with van der Waals surface area (Å²) in [6.45, 7) is 5.55. The molecule has 100 valence electrons. The number of nitrogens with zero attached hydrogens (tertiary/aromatic N) is 2. The van der Waals surface area contributed by atoms with Crippen LogP contribution in [0.3, 0.4) is 0 Å². The summed E-state index contributed by atoms with van der Waals surface area (Å²) in [4.78, 5) is 16.9. The molecule has 0 spiro atoms. The fourth-order valence-corrected chi connectivity index (χ4v) is 1.73. The molecule has 0 saturated carbocycles. The molecule has 1 atom stereocenters. The van der Waals surface area contributed by atoms with Gasteiger partial charge < -0.3 is 14.7 Å². The van der Waals surface area contributed by atoms with Crippen LogP contribution in [0.15, 0.2) is 18.3 Å². The maximum absolute atomic E-state index is 10.9. The molecular formula is C13H20N2O3. The van der Waals surface area contributed by atoms with Crippen molar-refractivity contribution in [2.75, 3.05) is 25.2 Å². The Kier molecular flexibility index (Phi) is 5.58. The van der Waals surface area contributed by atoms with Gasteiger partial charge in [0.2, 0.25) is 0 Å². The van der Waals surface area contributed by atoms with Crippen LogP contribution in [0.1, 0.15) is 30.8 Å². The van der Waals surface area contributed by atoms with E-state index in [-0.39, 0.29) is 5.69 Å². The van der Waals surface area contributed by atoms with Gasteiger partial charge in [-0.25, -0.2) is 9.78 Å². The second-order valence-corrected chi connectivity index (χ2v) is 4.15. The van der Waals surface area contributed by atoms with Gasteiger partial charge in [0.1, 0.15) is 5.69 Å². The van der Waals surface area contributed by atoms with Gasteiger partial charge in [0.25, 0.3) is 0 Å². The number of carboxylic acid groups (broad SMARTS) is 1. The van der Waals surface area contributed by atoms with Gasteiger partial charge in [-0.1, -0.05) is 6.92 Å². The predicted molar refractivity (Wildman–Crippen MR) is 70.2 cm³/mol. The number of hydrogen-bond donors (Lipinski definition) is 1. The van der Waals surface area contributed by atoms with E-state index in [4.69, 9.17) is 9.84 Å². The molecule has 0 aliphatic carbocycles. The normalized spacial score (nSPS) is 12.2. The van der Waals surface area contributed by atoms with Gasteiger partial charge in [-0.05, 0) is 25.5 Å². The zero-order valence-electron chi connectivity index (χ0n) is 11.1. The van der Waals surface area contributed by atoms with Gasteiger partial charge in [0, 0.05) is 31.6 Å². The second-order valence-electron chi connectivity index (χ2n) is 4.15. The smallest absolute Gasteiger partial charge is 0.354 e. The largest absolute Gasteiger partial charge is 0.477 e. The van der Waals surface area contributed by atoms with E-state index < -0.39 is 5.97 Å². The Bertz CT molecular complexity index is 396. The van der Waals surface area contributed by atoms with Crippen molar-refractivity contribution >= 4 is 11.7 Å². The maximum Gasteiger partial charge on any atom is 0.354 e. The predicted octanol–water partition coefficient (Wildman–Crippen LogP) is 2.03. The maximum atomic E-state index is 10.9. The van der Waals surface area contributed by atoms with E-state index in [9.17, 15) is 4.79 Å². The lowest BCUT2D eigenvalue weighted by Crippen LogP contribution is -2.35. The van der Waals surface area contributed by atoms with Crippen LogP contribution >= 0.6 is 0 Å². The third-order valence-electron chi connectivity index (χ3n) is 2.95. The average molecular weight is 252 g/mol. The molecule has 0 aliphatic rings. The Morgan fingerprint density at radius 3 is 2.89 bits per heavy atom. The summed E-state index contributed by atoms with van der Waals surface area (Å²) in [5.74, 6) is -1.01. The Labute approximate surface area is 107 Å². The van der Waals surface area contributed by atoms with Gasteiger partial charge >= 0.3 is 5.97 Å². The minimum Gasteiger partial charge on any atom is -0.477 e. The van der Waals surface area contributed by atoms with Crippen molar-refractivity contribution in [3.8, 4) is 0 Å². The molecule has 18 heavy (non-hydrogen) atoms. The summed E-state index contributed by atoms with van der Waals surface area (Å²) in [7, 11) is 1.66. The molecule has 1 aromatic rings. The first kappa shape index (κ1) is 14.4. The lowest BCUT2D eigenvalue weighted by atomic mass is 10.2. The molecule has 1 heterocycles. The molecule has 0 bridgehead atoms. The molecule has 0 fully saturated rings. The third-order valence-corrected chi connectivity index (χ3v) is 2.95. The van der Waals surface area contributed by atoms with Crippen LogP contribution in [-0.4, -0.2) is 42.4 Å². The van der Waals surface area contributed by atoms with Crippen LogP contribution in [0.4, 0.5) is 5.69 Å². The molecule has 1 rings (SSSR count). The van der Waals surface area contributed by atoms with Crippen LogP contribution in [0.5, 0.6) is 0 Å². The van der Waals surface area contributed by atoms with Crippen molar-refractivity contribution < 1.29 is 14.6 Å². The Hall–Kier alpha value is -1.62. The molecule has 0 saturated heterocycles. The Balaban J connectivity index is 2.96. The zero-order chi connectivity index (χ0) is 13.5. The highest BCUT2D eigenvalue weighted by molar-refractivity contribution is 5.86. The summed E-state index contributed by atoms with van der Waals surface area (Å²) < 4.78 is 5.09. The van der Waals surface area contributed by atoms with Crippen molar-refractivity contribution in [2.24, 2.45) is 0 Å². The number of aromatic nitrogens is 1. The minimum atomic E-state index is -1.01. The van der Waals surface area contributed by atoms with Crippen molar-refractivity contribution in [1.29, 1.82) is 0 Å². The van der Waals surface area contributed by atoms with Crippen LogP contribution in [-0.2, 0) is 4.74 Å². The van der Waals surface area contributed by atoms with Gasteiger partial charge in [0.05, 0.1) is 6.61 Å². The van der Waals surface area contributed by atoms with E-state index in [2.05, 4.69) is 23.7 Å². The third kappa shape index (κ3) is 3.70. The number of methoxy groups -OCH3 is 1. The molecule has 1 aromatic heterocycles. The summed E-state index contributed by atoms with van der Waals surface area (Å²) in [5.41, 5.74) is 0.937. The molecule has 1 N–H and O–H groups in total. The first-order valence-corrected chi connectivity index (χ1v) is 6.05. The molecule has 0 amide bonds. The SMILES string of the molecule is CCC(C)N(CCOC)c1ccnc(C(=O)O)c1. The summed E-state index contributed by atoms with van der Waals surface area (Å²) >= 11 is 0. The van der Waals surface area contributed by atoms with Crippen molar-refractivity contribution in [2.45, 2.75) is 26.3 Å². The standard InChI is InChI=1S/C13H20N2O3/c1-4-10(2)15(7-8-18-3)11-5-6-14-12(9-11)13(16)17/h5-6,9-10H,4,7-8H2,1-3H3,(H,16,17). The highest BCUT2D eigenvalue weighted by atomic mass is 16.5. The number of carboxylic acids is 1. The summed E-state index contributed by atoms with van der Waals surface area (Å²) in [6.07, 6.45) is 2.51. The highest BCUT2D eigenvalue weighted by Gasteiger charge is 2.15. The van der Waals surface area contributed by atoms with Crippen LogP contribution in [0.25, 0.3) is 0 Å². The van der Waals surface area contributed by atoms with E-state index in [1.165, 1.54) is 6.20 Å². The van der Waals surface area contributed by atoms with E-state index in [0.29, 0.717) is 12.6 Å². The number of pyridine rings is 1. The number of rotatable bonds is 7. The Morgan fingerprint density at radius 1 is 1.61 bits per heavy atom. The van der Waals surface area contributed by atoms with Crippen molar-refractivity contribution in [1.82, 2.24) is 4.98 Å². The number of anilines is 1. The quantitative estimate of drug-likeness (QED) is 0.804. The molecule has 5 heteroatoms. The van der Waals surface area contributed by atoms with E-state index in [1.54, 1.807) is 13.2 Å². The topological polar surface area (TPSA) is 62.7 Å². The number of carbonyl (C=O) groups is 1. The Morgan fingerprint density at radius 2 is 2.33 bits per heavy atom. The van der Waals surface area contributed by atoms with Gasteiger partial charge in [-0.15, -0.1) is 0 Å². The second kappa shape index (κ2) is 6.96. The highest BCUT2D eigenvalue weighted by Crippen LogP contribution is 2.18. The monoisotopic (exact) mass is 252 g/mol. The molecular weight excluding hydrogens is 232 g/mol. The van der Waals surface area contributed by atoms with Gasteiger partial charge in [-0.2, -0.15) is 0 Å². The summed E-state index contributed by atoms with van der Waals surface area (Å²) in [5, 5.41) is 8.96. The average Bonchev–Trinajstić information content (AvgIpc) is 2.39. The van der Waals surface area contributed by atoms with E-state index in [1.807, 2.05) is 6.07 Å².